The first-order valence-electron chi connectivity index (χ1n) is 4.20. The van der Waals surface area contributed by atoms with Gasteiger partial charge in [0.2, 0.25) is 0 Å². The quantitative estimate of drug-likeness (QED) is 0.615. The minimum Gasteiger partial charge on any atom is -0.299 e. The second-order valence-corrected chi connectivity index (χ2v) is 4.22. The molecule has 0 aromatic heterocycles. The van der Waals surface area contributed by atoms with Crippen LogP contribution in [0.3, 0.4) is 0 Å². The normalized spacial score (nSPS) is 12.6. The van der Waals surface area contributed by atoms with Gasteiger partial charge in [-0.2, -0.15) is 0 Å². The summed E-state index contributed by atoms with van der Waals surface area (Å²) < 4.78 is 38.5. The predicted molar refractivity (Wildman–Crippen MR) is 53.4 cm³/mol. The monoisotopic (exact) mass is 280 g/mol. The zero-order valence-electron chi connectivity index (χ0n) is 7.86. The fourth-order valence-electron chi connectivity index (χ4n) is 1.06. The average molecular weight is 281 g/mol. The minimum atomic E-state index is -1.50. The maximum absolute atomic E-state index is 13.1. The molecule has 0 spiro atoms. The molecule has 0 aliphatic heterocycles. The second-order valence-electron chi connectivity index (χ2n) is 3.12. The zero-order chi connectivity index (χ0) is 11.6. The van der Waals surface area contributed by atoms with Crippen LogP contribution >= 0.6 is 15.9 Å². The molecule has 0 amide bonds. The fourth-order valence-corrected chi connectivity index (χ4v) is 1.41. The van der Waals surface area contributed by atoms with Gasteiger partial charge in [-0.25, -0.2) is 13.2 Å². The number of ketones is 1. The Morgan fingerprint density at radius 3 is 2.47 bits per heavy atom. The Balaban J connectivity index is 2.97. The van der Waals surface area contributed by atoms with Crippen LogP contribution in [0.2, 0.25) is 0 Å². The van der Waals surface area contributed by atoms with Crippen LogP contribution in [-0.4, -0.2) is 10.6 Å². The Kier molecular flexibility index (Phi) is 3.90. The Bertz CT molecular complexity index is 392. The largest absolute Gasteiger partial charge is 0.299 e. The number of alkyl halides is 1. The van der Waals surface area contributed by atoms with Crippen LogP contribution in [0.15, 0.2) is 12.1 Å². The minimum absolute atomic E-state index is 0.00162. The molecule has 1 nitrogen and oxygen atoms in total. The Morgan fingerprint density at radius 2 is 1.93 bits per heavy atom. The van der Waals surface area contributed by atoms with E-state index in [0.717, 1.165) is 12.1 Å². The highest BCUT2D eigenvalue weighted by molar-refractivity contribution is 9.10. The molecule has 1 atom stereocenters. The van der Waals surface area contributed by atoms with Gasteiger partial charge in [-0.1, -0.05) is 22.0 Å². The summed E-state index contributed by atoms with van der Waals surface area (Å²) in [6, 6.07) is 1.97. The van der Waals surface area contributed by atoms with E-state index in [1.54, 1.807) is 0 Å². The lowest BCUT2D eigenvalue weighted by Crippen LogP contribution is -2.14. The maximum Gasteiger partial charge on any atom is 0.194 e. The highest BCUT2D eigenvalue weighted by atomic mass is 79.9. The van der Waals surface area contributed by atoms with Crippen molar-refractivity contribution in [3.05, 3.63) is 35.1 Å². The van der Waals surface area contributed by atoms with E-state index >= 15 is 0 Å². The molecule has 82 valence electrons. The summed E-state index contributed by atoms with van der Waals surface area (Å²) in [7, 11) is 0. The van der Waals surface area contributed by atoms with Crippen LogP contribution in [0.25, 0.3) is 0 Å². The summed E-state index contributed by atoms with van der Waals surface area (Å²) in [5, 5.41) is 0. The van der Waals surface area contributed by atoms with Gasteiger partial charge < -0.3 is 0 Å². The van der Waals surface area contributed by atoms with Gasteiger partial charge in [-0.3, -0.25) is 4.79 Å². The van der Waals surface area contributed by atoms with Crippen LogP contribution < -0.4 is 0 Å². The maximum atomic E-state index is 13.1. The van der Waals surface area contributed by atoms with Gasteiger partial charge in [-0.05, 0) is 25.0 Å². The third-order valence-corrected chi connectivity index (χ3v) is 2.92. The molecule has 0 aliphatic carbocycles. The molecule has 0 unspecified atom stereocenters. The van der Waals surface area contributed by atoms with Crippen molar-refractivity contribution < 1.29 is 18.0 Å². The molecule has 0 heterocycles. The van der Waals surface area contributed by atoms with Gasteiger partial charge in [0.05, 0.1) is 4.83 Å². The summed E-state index contributed by atoms with van der Waals surface area (Å²) in [5.74, 6) is -4.17. The van der Waals surface area contributed by atoms with E-state index in [-0.39, 0.29) is 17.8 Å². The topological polar surface area (TPSA) is 17.1 Å². The van der Waals surface area contributed by atoms with E-state index in [2.05, 4.69) is 15.9 Å². The lowest BCUT2D eigenvalue weighted by atomic mass is 10.1. The van der Waals surface area contributed by atoms with Crippen molar-refractivity contribution in [2.45, 2.75) is 18.2 Å². The molecule has 15 heavy (non-hydrogen) atoms. The third-order valence-electron chi connectivity index (χ3n) is 1.96. The van der Waals surface area contributed by atoms with Crippen molar-refractivity contribution in [3.63, 3.8) is 0 Å². The van der Waals surface area contributed by atoms with Gasteiger partial charge in [0, 0.05) is 0 Å². The lowest BCUT2D eigenvalue weighted by molar-refractivity contribution is -0.116. The molecule has 1 rings (SSSR count). The highest BCUT2D eigenvalue weighted by Crippen LogP contribution is 2.19. The molecule has 0 saturated carbocycles. The first-order valence-corrected chi connectivity index (χ1v) is 5.12. The van der Waals surface area contributed by atoms with Crippen molar-refractivity contribution >= 4 is 21.7 Å². The van der Waals surface area contributed by atoms with Gasteiger partial charge in [0.1, 0.15) is 5.78 Å². The van der Waals surface area contributed by atoms with Gasteiger partial charge in [-0.15, -0.1) is 0 Å². The molecule has 0 N–H and O–H groups in total. The molecule has 0 radical (unpaired) electrons. The molecular weight excluding hydrogens is 273 g/mol. The van der Waals surface area contributed by atoms with E-state index in [0.29, 0.717) is 0 Å². The van der Waals surface area contributed by atoms with Gasteiger partial charge in [0.15, 0.2) is 17.5 Å². The van der Waals surface area contributed by atoms with E-state index in [9.17, 15) is 18.0 Å². The number of rotatable bonds is 3. The van der Waals surface area contributed by atoms with Crippen LogP contribution in [0.1, 0.15) is 12.5 Å². The average Bonchev–Trinajstić information content (AvgIpc) is 2.18. The third kappa shape index (κ3) is 2.81. The van der Waals surface area contributed by atoms with Crippen molar-refractivity contribution in [3.8, 4) is 0 Å². The standard InChI is InChI=1S/C10H8BrF3O/c1-5(15)7(11)4-6-2-3-8(12)10(14)9(6)13/h2-3,7H,4H2,1H3/t7-/m1/s1. The SMILES string of the molecule is CC(=O)[C@H](Br)Cc1ccc(F)c(F)c1F. The second kappa shape index (κ2) is 4.79. The van der Waals surface area contributed by atoms with Crippen LogP contribution in [0, 0.1) is 17.5 Å². The van der Waals surface area contributed by atoms with Crippen molar-refractivity contribution in [1.29, 1.82) is 0 Å². The van der Waals surface area contributed by atoms with E-state index in [1.165, 1.54) is 6.92 Å². The summed E-state index contributed by atoms with van der Waals surface area (Å²) in [6.07, 6.45) is -0.00162. The highest BCUT2D eigenvalue weighted by Gasteiger charge is 2.17. The number of hydrogen-bond acceptors (Lipinski definition) is 1. The number of halogens is 4. The number of carbonyl (C=O) groups excluding carboxylic acids is 1. The molecular formula is C10H8BrF3O. The van der Waals surface area contributed by atoms with E-state index in [4.69, 9.17) is 0 Å². The fraction of sp³-hybridized carbons (Fsp3) is 0.300. The number of hydrogen-bond donors (Lipinski definition) is 0. The number of benzene rings is 1. The van der Waals surface area contributed by atoms with Crippen molar-refractivity contribution in [1.82, 2.24) is 0 Å². The van der Waals surface area contributed by atoms with Crippen LogP contribution in [0.5, 0.6) is 0 Å². The van der Waals surface area contributed by atoms with E-state index in [1.807, 2.05) is 0 Å². The number of Topliss-reactive ketones (excluding diaryl/α,β-unsaturated/α-hetero) is 1. The Hall–Kier alpha value is -0.840. The molecule has 0 fully saturated rings. The Labute approximate surface area is 93.4 Å². The summed E-state index contributed by atoms with van der Waals surface area (Å²) >= 11 is 3.02. The Morgan fingerprint density at radius 1 is 1.33 bits per heavy atom. The molecule has 0 aliphatic rings. The zero-order valence-corrected chi connectivity index (χ0v) is 9.45. The molecule has 5 heteroatoms. The summed E-state index contributed by atoms with van der Waals surface area (Å²) in [4.78, 5) is 10.3. The smallest absolute Gasteiger partial charge is 0.194 e. The van der Waals surface area contributed by atoms with Gasteiger partial charge in [0.25, 0.3) is 0 Å². The van der Waals surface area contributed by atoms with Crippen molar-refractivity contribution in [2.24, 2.45) is 0 Å². The molecule has 0 bridgehead atoms. The number of carbonyl (C=O) groups is 1. The lowest BCUT2D eigenvalue weighted by Gasteiger charge is -2.07. The first kappa shape index (κ1) is 12.2. The molecule has 1 aromatic rings. The summed E-state index contributed by atoms with van der Waals surface area (Å²) in [5.41, 5.74) is -0.0222. The summed E-state index contributed by atoms with van der Waals surface area (Å²) in [6.45, 7) is 1.33. The van der Waals surface area contributed by atoms with E-state index < -0.39 is 22.3 Å². The predicted octanol–water partition coefficient (Wildman–Crippen LogP) is 3.00. The van der Waals surface area contributed by atoms with Crippen LogP contribution in [-0.2, 0) is 11.2 Å². The van der Waals surface area contributed by atoms with Crippen LogP contribution in [0.4, 0.5) is 13.2 Å². The molecule has 0 saturated heterocycles. The van der Waals surface area contributed by atoms with Gasteiger partial charge >= 0.3 is 0 Å². The first-order chi connectivity index (χ1) is 6.93. The van der Waals surface area contributed by atoms with Crippen molar-refractivity contribution in [2.75, 3.05) is 0 Å². The molecule has 1 aromatic carbocycles.